The summed E-state index contributed by atoms with van der Waals surface area (Å²) in [6.45, 7) is 7.69. The van der Waals surface area contributed by atoms with Crippen LogP contribution in [0.1, 0.15) is 42.4 Å². The molecule has 5 rings (SSSR count). The van der Waals surface area contributed by atoms with E-state index in [9.17, 15) is 9.59 Å². The Morgan fingerprint density at radius 2 is 1.77 bits per heavy atom. The molecule has 3 heterocycles. The first-order chi connectivity index (χ1) is 18.6. The van der Waals surface area contributed by atoms with Crippen LogP contribution in [0.5, 0.6) is 0 Å². The molecule has 0 aliphatic carbocycles. The number of hydrogen-bond donors (Lipinski definition) is 0. The molecular formula is C29H24Cl3N3O3S. The fraction of sp³-hybridized carbons (Fsp3) is 0.207. The fourth-order valence-corrected chi connectivity index (χ4v) is 6.30. The number of allylic oxidation sites excluding steroid dienone is 1. The first-order valence-electron chi connectivity index (χ1n) is 12.2. The van der Waals surface area contributed by atoms with Crippen molar-refractivity contribution in [3.05, 3.63) is 117 Å². The summed E-state index contributed by atoms with van der Waals surface area (Å²) in [6.07, 6.45) is 1.86. The fourth-order valence-electron chi connectivity index (χ4n) is 4.85. The van der Waals surface area contributed by atoms with Crippen molar-refractivity contribution in [2.45, 2.75) is 33.7 Å². The maximum absolute atomic E-state index is 13.9. The van der Waals surface area contributed by atoms with Gasteiger partial charge in [0.1, 0.15) is 0 Å². The number of rotatable bonds is 5. The zero-order valence-corrected chi connectivity index (χ0v) is 24.7. The molecule has 1 atom stereocenters. The van der Waals surface area contributed by atoms with Crippen molar-refractivity contribution in [3.8, 4) is 5.69 Å². The Morgan fingerprint density at radius 3 is 2.44 bits per heavy atom. The van der Waals surface area contributed by atoms with Crippen LogP contribution in [0.4, 0.5) is 0 Å². The van der Waals surface area contributed by atoms with E-state index in [4.69, 9.17) is 39.5 Å². The highest BCUT2D eigenvalue weighted by molar-refractivity contribution is 7.07. The lowest BCUT2D eigenvalue weighted by molar-refractivity contribution is -0.139. The second-order valence-electron chi connectivity index (χ2n) is 9.11. The van der Waals surface area contributed by atoms with E-state index in [0.29, 0.717) is 35.7 Å². The van der Waals surface area contributed by atoms with Crippen LogP contribution in [-0.2, 0) is 9.53 Å². The third kappa shape index (κ3) is 5.00. The summed E-state index contributed by atoms with van der Waals surface area (Å²) in [5.41, 5.74) is 5.01. The van der Waals surface area contributed by atoms with E-state index in [2.05, 4.69) is 9.56 Å². The molecule has 0 fully saturated rings. The topological polar surface area (TPSA) is 65.6 Å². The number of benzene rings is 2. The number of aryl methyl sites for hydroxylation is 1. The Bertz CT molecular complexity index is 1830. The van der Waals surface area contributed by atoms with Gasteiger partial charge in [0, 0.05) is 22.1 Å². The normalized spacial score (nSPS) is 15.4. The summed E-state index contributed by atoms with van der Waals surface area (Å²) in [6, 6.07) is 13.9. The first-order valence-corrected chi connectivity index (χ1v) is 14.1. The molecule has 1 aliphatic heterocycles. The molecule has 2 aromatic carbocycles. The van der Waals surface area contributed by atoms with E-state index < -0.39 is 12.0 Å². The van der Waals surface area contributed by atoms with Gasteiger partial charge in [-0.1, -0.05) is 58.3 Å². The Balaban J connectivity index is 1.68. The zero-order chi connectivity index (χ0) is 28.0. The Labute approximate surface area is 244 Å². The minimum atomic E-state index is -0.691. The van der Waals surface area contributed by atoms with Crippen molar-refractivity contribution in [3.63, 3.8) is 0 Å². The van der Waals surface area contributed by atoms with E-state index in [1.165, 1.54) is 11.3 Å². The number of thiazole rings is 1. The highest BCUT2D eigenvalue weighted by Gasteiger charge is 2.33. The third-order valence-corrected chi connectivity index (χ3v) is 8.59. The average molecular weight is 601 g/mol. The molecule has 0 saturated carbocycles. The highest BCUT2D eigenvalue weighted by atomic mass is 35.5. The molecule has 0 radical (unpaired) electrons. The van der Waals surface area contributed by atoms with Gasteiger partial charge in [0.05, 0.1) is 38.5 Å². The minimum Gasteiger partial charge on any atom is -0.463 e. The second-order valence-corrected chi connectivity index (χ2v) is 11.4. The molecular weight excluding hydrogens is 577 g/mol. The van der Waals surface area contributed by atoms with E-state index >= 15 is 0 Å². The van der Waals surface area contributed by atoms with E-state index in [-0.39, 0.29) is 12.2 Å². The van der Waals surface area contributed by atoms with Crippen molar-refractivity contribution in [1.82, 2.24) is 9.13 Å². The molecule has 0 saturated heterocycles. The number of carbonyl (C=O) groups excluding carboxylic acids is 1. The third-order valence-electron chi connectivity index (χ3n) is 6.62. The van der Waals surface area contributed by atoms with Gasteiger partial charge in [0.15, 0.2) is 4.80 Å². The molecule has 0 amide bonds. The Hall–Kier alpha value is -3.10. The summed E-state index contributed by atoms with van der Waals surface area (Å²) < 4.78 is 9.48. The largest absolute Gasteiger partial charge is 0.463 e. The molecule has 200 valence electrons. The number of fused-ring (bicyclic) bond motifs is 1. The van der Waals surface area contributed by atoms with E-state index in [0.717, 1.165) is 28.2 Å². The Morgan fingerprint density at radius 1 is 1.05 bits per heavy atom. The lowest BCUT2D eigenvalue weighted by Gasteiger charge is -2.24. The van der Waals surface area contributed by atoms with Crippen LogP contribution in [0, 0.1) is 13.8 Å². The average Bonchev–Trinajstić information content (AvgIpc) is 3.35. The Kier molecular flexibility index (Phi) is 7.62. The quantitative estimate of drug-likeness (QED) is 0.258. The molecule has 0 spiro atoms. The number of ether oxygens (including phenoxy) is 1. The standard InChI is InChI=1S/C29H24Cl3N3O3S/c1-5-38-28(37)25-16(3)33-29-35(26(25)18-6-8-20(30)9-7-18)27(36)24(39-29)13-19-12-15(2)34(17(19)4)21-10-11-22(31)23(32)14-21/h6-14,26H,5H2,1-4H3/b24-13+/t26-/m0/s1. The number of aromatic nitrogens is 2. The van der Waals surface area contributed by atoms with Crippen LogP contribution >= 0.6 is 46.1 Å². The molecule has 6 nitrogen and oxygen atoms in total. The summed E-state index contributed by atoms with van der Waals surface area (Å²) in [4.78, 5) is 32.1. The van der Waals surface area contributed by atoms with Crippen LogP contribution in [0.2, 0.25) is 15.1 Å². The van der Waals surface area contributed by atoms with Crippen molar-refractivity contribution in [2.75, 3.05) is 6.61 Å². The highest BCUT2D eigenvalue weighted by Crippen LogP contribution is 2.32. The monoisotopic (exact) mass is 599 g/mol. The maximum Gasteiger partial charge on any atom is 0.338 e. The van der Waals surface area contributed by atoms with Gasteiger partial charge >= 0.3 is 5.97 Å². The van der Waals surface area contributed by atoms with E-state index in [1.54, 1.807) is 36.6 Å². The number of carbonyl (C=O) groups is 1. The maximum atomic E-state index is 13.9. The predicted molar refractivity (Wildman–Crippen MR) is 157 cm³/mol. The lowest BCUT2D eigenvalue weighted by Crippen LogP contribution is -2.39. The van der Waals surface area contributed by atoms with Gasteiger partial charge in [-0.3, -0.25) is 9.36 Å². The first kappa shape index (κ1) is 27.5. The van der Waals surface area contributed by atoms with Gasteiger partial charge in [-0.05, 0) is 81.3 Å². The van der Waals surface area contributed by atoms with Crippen LogP contribution in [-0.4, -0.2) is 21.7 Å². The smallest absolute Gasteiger partial charge is 0.338 e. The van der Waals surface area contributed by atoms with Crippen molar-refractivity contribution in [1.29, 1.82) is 0 Å². The summed E-state index contributed by atoms with van der Waals surface area (Å²) in [7, 11) is 0. The van der Waals surface area contributed by atoms with E-state index in [1.807, 2.05) is 50.3 Å². The molecule has 0 N–H and O–H groups in total. The van der Waals surface area contributed by atoms with Gasteiger partial charge in [-0.25, -0.2) is 9.79 Å². The summed E-state index contributed by atoms with van der Waals surface area (Å²) >= 11 is 19.8. The summed E-state index contributed by atoms with van der Waals surface area (Å²) in [5, 5.41) is 1.50. The SMILES string of the molecule is CCOC(=O)C1=C(C)N=c2s/c(=C/c3cc(C)n(-c4ccc(Cl)c(Cl)c4)c3C)c(=O)n2[C@H]1c1ccc(Cl)cc1. The van der Waals surface area contributed by atoms with Gasteiger partial charge in [-0.2, -0.15) is 0 Å². The van der Waals surface area contributed by atoms with Crippen molar-refractivity contribution < 1.29 is 9.53 Å². The number of esters is 1. The molecule has 39 heavy (non-hydrogen) atoms. The number of halogens is 3. The van der Waals surface area contributed by atoms with Gasteiger partial charge in [0.2, 0.25) is 0 Å². The van der Waals surface area contributed by atoms with Gasteiger partial charge in [0.25, 0.3) is 5.56 Å². The van der Waals surface area contributed by atoms with Crippen LogP contribution < -0.4 is 14.9 Å². The number of nitrogens with zero attached hydrogens (tertiary/aromatic N) is 3. The lowest BCUT2D eigenvalue weighted by atomic mass is 9.96. The summed E-state index contributed by atoms with van der Waals surface area (Å²) in [5.74, 6) is -0.502. The predicted octanol–water partition coefficient (Wildman–Crippen LogP) is 6.17. The van der Waals surface area contributed by atoms with Crippen molar-refractivity contribution in [2.24, 2.45) is 4.99 Å². The van der Waals surface area contributed by atoms with Crippen LogP contribution in [0.15, 0.2) is 69.6 Å². The molecule has 0 bridgehead atoms. The molecule has 10 heteroatoms. The minimum absolute atomic E-state index is 0.210. The zero-order valence-electron chi connectivity index (χ0n) is 21.6. The molecule has 2 aromatic heterocycles. The van der Waals surface area contributed by atoms with Crippen LogP contribution in [0.25, 0.3) is 11.8 Å². The van der Waals surface area contributed by atoms with Gasteiger partial charge in [-0.15, -0.1) is 0 Å². The number of hydrogen-bond acceptors (Lipinski definition) is 5. The second kappa shape index (κ2) is 10.8. The van der Waals surface area contributed by atoms with Crippen LogP contribution in [0.3, 0.4) is 0 Å². The van der Waals surface area contributed by atoms with Gasteiger partial charge < -0.3 is 9.30 Å². The van der Waals surface area contributed by atoms with Crippen molar-refractivity contribution >= 4 is 58.2 Å². The molecule has 1 aliphatic rings. The molecule has 0 unspecified atom stereocenters. The molecule has 4 aromatic rings.